The topological polar surface area (TPSA) is 40.5 Å². The molecule has 6 heteroatoms. The van der Waals surface area contributed by atoms with E-state index >= 15 is 0 Å². The van der Waals surface area contributed by atoms with E-state index in [4.69, 9.17) is 5.11 Å². The van der Waals surface area contributed by atoms with Gasteiger partial charge in [0.25, 0.3) is 0 Å². The Morgan fingerprint density at radius 3 is 2.48 bits per heavy atom. The summed E-state index contributed by atoms with van der Waals surface area (Å²) in [6.45, 7) is 3.84. The van der Waals surface area contributed by atoms with Gasteiger partial charge < -0.3 is 10.0 Å². The Labute approximate surface area is 121 Å². The molecular formula is C15H18F3NO2. The van der Waals surface area contributed by atoms with Gasteiger partial charge in [-0.1, -0.05) is 19.1 Å². The highest BCUT2D eigenvalue weighted by Gasteiger charge is 2.31. The van der Waals surface area contributed by atoms with Crippen LogP contribution in [0, 0.1) is 5.92 Å². The molecular weight excluding hydrogens is 283 g/mol. The quantitative estimate of drug-likeness (QED) is 0.928. The van der Waals surface area contributed by atoms with E-state index in [0.717, 1.165) is 24.2 Å². The highest BCUT2D eigenvalue weighted by molar-refractivity contribution is 5.70. The number of halogens is 3. The number of likely N-dealkylation sites (tertiary alicyclic amines) is 1. The molecule has 1 aliphatic heterocycles. The lowest BCUT2D eigenvalue weighted by Crippen LogP contribution is -2.27. The average molecular weight is 301 g/mol. The first kappa shape index (κ1) is 15.8. The zero-order valence-electron chi connectivity index (χ0n) is 11.7. The highest BCUT2D eigenvalue weighted by atomic mass is 19.4. The first-order valence-electron chi connectivity index (χ1n) is 6.89. The van der Waals surface area contributed by atoms with Crippen molar-refractivity contribution in [3.63, 3.8) is 0 Å². The van der Waals surface area contributed by atoms with Crippen molar-refractivity contribution in [1.82, 2.24) is 4.90 Å². The third-order valence-electron chi connectivity index (χ3n) is 3.96. The summed E-state index contributed by atoms with van der Waals surface area (Å²) in [6.07, 6.45) is -3.68. The smallest absolute Gasteiger partial charge is 0.416 e. The van der Waals surface area contributed by atoms with Crippen molar-refractivity contribution in [2.24, 2.45) is 5.92 Å². The van der Waals surface area contributed by atoms with Crippen LogP contribution in [0.4, 0.5) is 13.2 Å². The molecule has 0 aliphatic carbocycles. The molecule has 1 saturated heterocycles. The number of carboxylic acid groups (broad SMARTS) is 1. The summed E-state index contributed by atoms with van der Waals surface area (Å²) in [6, 6.07) is 5.18. The van der Waals surface area contributed by atoms with Crippen molar-refractivity contribution in [3.8, 4) is 0 Å². The molecule has 3 nitrogen and oxygen atoms in total. The first-order chi connectivity index (χ1) is 9.77. The Bertz CT molecular complexity index is 499. The summed E-state index contributed by atoms with van der Waals surface area (Å²) < 4.78 is 37.5. The van der Waals surface area contributed by atoms with Crippen molar-refractivity contribution >= 4 is 5.97 Å². The molecule has 2 rings (SSSR count). The van der Waals surface area contributed by atoms with E-state index in [1.165, 1.54) is 12.1 Å². The third kappa shape index (κ3) is 3.97. The fraction of sp³-hybridized carbons (Fsp3) is 0.533. The Hall–Kier alpha value is -1.56. The number of rotatable bonds is 4. The normalized spacial score (nSPS) is 21.4. The number of aliphatic carboxylic acids is 1. The predicted octanol–water partition coefficient (Wildman–Crippen LogP) is 3.22. The molecule has 0 saturated carbocycles. The molecule has 116 valence electrons. The largest absolute Gasteiger partial charge is 0.481 e. The van der Waals surface area contributed by atoms with Crippen LogP contribution in [0.2, 0.25) is 0 Å². The maximum atomic E-state index is 12.5. The zero-order valence-corrected chi connectivity index (χ0v) is 11.7. The SMILES string of the molecule is CC(CN1CCC(C(=O)O)C1)c1ccc(C(F)(F)F)cc1. The van der Waals surface area contributed by atoms with Crippen LogP contribution in [0.5, 0.6) is 0 Å². The summed E-state index contributed by atoms with van der Waals surface area (Å²) >= 11 is 0. The molecule has 0 spiro atoms. The maximum Gasteiger partial charge on any atom is 0.416 e. The van der Waals surface area contributed by atoms with E-state index in [0.29, 0.717) is 19.5 Å². The van der Waals surface area contributed by atoms with Gasteiger partial charge in [0.15, 0.2) is 0 Å². The molecule has 1 aromatic carbocycles. The second kappa shape index (κ2) is 6.05. The van der Waals surface area contributed by atoms with Crippen molar-refractivity contribution in [3.05, 3.63) is 35.4 Å². The Kier molecular flexibility index (Phi) is 4.56. The second-order valence-corrected chi connectivity index (χ2v) is 5.60. The number of alkyl halides is 3. The van der Waals surface area contributed by atoms with Gasteiger partial charge in [-0.15, -0.1) is 0 Å². The summed E-state index contributed by atoms with van der Waals surface area (Å²) in [5.41, 5.74) is 0.187. The second-order valence-electron chi connectivity index (χ2n) is 5.60. The van der Waals surface area contributed by atoms with Gasteiger partial charge in [-0.3, -0.25) is 4.79 Å². The molecule has 2 atom stereocenters. The summed E-state index contributed by atoms with van der Waals surface area (Å²) in [4.78, 5) is 13.0. The standard InChI is InChI=1S/C15H18F3NO2/c1-10(8-19-7-6-12(9-19)14(20)21)11-2-4-13(5-3-11)15(16,17)18/h2-5,10,12H,6-9H2,1H3,(H,20,21). The molecule has 21 heavy (non-hydrogen) atoms. The van der Waals surface area contributed by atoms with E-state index in [1.807, 2.05) is 6.92 Å². The van der Waals surface area contributed by atoms with E-state index in [1.54, 1.807) is 0 Å². The molecule has 1 aromatic rings. The van der Waals surface area contributed by atoms with Crippen LogP contribution in [0.15, 0.2) is 24.3 Å². The molecule has 0 bridgehead atoms. The van der Waals surface area contributed by atoms with Crippen molar-refractivity contribution in [1.29, 1.82) is 0 Å². The predicted molar refractivity (Wildman–Crippen MR) is 72.0 cm³/mol. The summed E-state index contributed by atoms with van der Waals surface area (Å²) in [5, 5.41) is 8.96. The Morgan fingerprint density at radius 1 is 1.38 bits per heavy atom. The van der Waals surface area contributed by atoms with E-state index in [9.17, 15) is 18.0 Å². The van der Waals surface area contributed by atoms with Gasteiger partial charge in [-0.05, 0) is 36.6 Å². The number of carboxylic acids is 1. The molecule has 1 aliphatic rings. The fourth-order valence-electron chi connectivity index (χ4n) is 2.69. The van der Waals surface area contributed by atoms with Crippen molar-refractivity contribution in [2.75, 3.05) is 19.6 Å². The molecule has 0 aromatic heterocycles. The first-order valence-corrected chi connectivity index (χ1v) is 6.89. The highest BCUT2D eigenvalue weighted by Crippen LogP contribution is 2.30. The fourth-order valence-corrected chi connectivity index (χ4v) is 2.69. The summed E-state index contributed by atoms with van der Waals surface area (Å²) in [5.74, 6) is -1.04. The minimum Gasteiger partial charge on any atom is -0.481 e. The number of benzene rings is 1. The lowest BCUT2D eigenvalue weighted by molar-refractivity contribution is -0.141. The monoisotopic (exact) mass is 301 g/mol. The van der Waals surface area contributed by atoms with Crippen LogP contribution in [0.1, 0.15) is 30.4 Å². The van der Waals surface area contributed by atoms with Gasteiger partial charge in [0, 0.05) is 13.1 Å². The molecule has 1 N–H and O–H groups in total. The lowest BCUT2D eigenvalue weighted by atomic mass is 9.99. The molecule has 0 radical (unpaired) electrons. The van der Waals surface area contributed by atoms with Crippen LogP contribution in [-0.4, -0.2) is 35.6 Å². The van der Waals surface area contributed by atoms with E-state index in [2.05, 4.69) is 4.90 Å². The average Bonchev–Trinajstić information content (AvgIpc) is 2.86. The van der Waals surface area contributed by atoms with Gasteiger partial charge in [-0.2, -0.15) is 13.2 Å². The van der Waals surface area contributed by atoms with Crippen LogP contribution in [0.3, 0.4) is 0 Å². The molecule has 2 unspecified atom stereocenters. The Balaban J connectivity index is 1.95. The molecule has 0 amide bonds. The number of hydrogen-bond acceptors (Lipinski definition) is 2. The van der Waals surface area contributed by atoms with Crippen LogP contribution < -0.4 is 0 Å². The van der Waals surface area contributed by atoms with Crippen LogP contribution >= 0.6 is 0 Å². The maximum absolute atomic E-state index is 12.5. The minimum atomic E-state index is -4.31. The zero-order chi connectivity index (χ0) is 15.6. The van der Waals surface area contributed by atoms with Crippen molar-refractivity contribution in [2.45, 2.75) is 25.4 Å². The van der Waals surface area contributed by atoms with Crippen molar-refractivity contribution < 1.29 is 23.1 Å². The minimum absolute atomic E-state index is 0.0693. The van der Waals surface area contributed by atoms with Crippen LogP contribution in [-0.2, 0) is 11.0 Å². The summed E-state index contributed by atoms with van der Waals surface area (Å²) in [7, 11) is 0. The number of carbonyl (C=O) groups is 1. The van der Waals surface area contributed by atoms with Gasteiger partial charge >= 0.3 is 12.1 Å². The molecule has 1 heterocycles. The van der Waals surface area contributed by atoms with Gasteiger partial charge in [0.1, 0.15) is 0 Å². The Morgan fingerprint density at radius 2 is 2.00 bits per heavy atom. The molecule has 1 fully saturated rings. The number of hydrogen-bond donors (Lipinski definition) is 1. The van der Waals surface area contributed by atoms with Gasteiger partial charge in [-0.25, -0.2) is 0 Å². The lowest BCUT2D eigenvalue weighted by Gasteiger charge is -2.21. The van der Waals surface area contributed by atoms with E-state index in [-0.39, 0.29) is 11.8 Å². The third-order valence-corrected chi connectivity index (χ3v) is 3.96. The van der Waals surface area contributed by atoms with Crippen LogP contribution in [0.25, 0.3) is 0 Å². The number of nitrogens with zero attached hydrogens (tertiary/aromatic N) is 1. The van der Waals surface area contributed by atoms with Gasteiger partial charge in [0.05, 0.1) is 11.5 Å². The van der Waals surface area contributed by atoms with E-state index < -0.39 is 17.7 Å². The van der Waals surface area contributed by atoms with Gasteiger partial charge in [0.2, 0.25) is 0 Å².